The third-order valence-electron chi connectivity index (χ3n) is 6.55. The fraction of sp³-hybridized carbons (Fsp3) is 0.280. The number of para-hydroxylation sites is 1. The molecular weight excluding hydrogens is 446 g/mol. The fourth-order valence-electron chi connectivity index (χ4n) is 4.81. The number of carbonyl (C=O) groups excluding carboxylic acids is 1. The molecule has 6 rings (SSSR count). The number of rotatable bonds is 4. The molecule has 0 saturated carbocycles. The van der Waals surface area contributed by atoms with Crippen molar-refractivity contribution in [2.45, 2.75) is 26.4 Å². The van der Waals surface area contributed by atoms with Gasteiger partial charge in [0.05, 0.1) is 16.5 Å². The van der Waals surface area contributed by atoms with Gasteiger partial charge in [-0.1, -0.05) is 12.1 Å². The van der Waals surface area contributed by atoms with Gasteiger partial charge in [0, 0.05) is 43.5 Å². The lowest BCUT2D eigenvalue weighted by Crippen LogP contribution is -2.54. The van der Waals surface area contributed by atoms with Crippen LogP contribution in [0.1, 0.15) is 12.5 Å². The quantitative estimate of drug-likeness (QED) is 0.427. The van der Waals surface area contributed by atoms with Crippen LogP contribution in [-0.2, 0) is 11.3 Å². The average Bonchev–Trinajstić information content (AvgIpc) is 3.58. The molecule has 1 aliphatic heterocycles. The molecule has 1 N–H and O–H groups in total. The summed E-state index contributed by atoms with van der Waals surface area (Å²) in [6.45, 7) is 6.67. The number of fused-ring (bicyclic) bond motifs is 2. The Kier molecular flexibility index (Phi) is 5.06. The molecule has 1 aliphatic rings. The number of carbonyl (C=O) groups is 1. The molecule has 1 aromatic carbocycles. The van der Waals surface area contributed by atoms with E-state index in [0.717, 1.165) is 57.2 Å². The number of imidazole rings is 1. The van der Waals surface area contributed by atoms with Crippen LogP contribution < -0.4 is 4.90 Å². The zero-order valence-electron chi connectivity index (χ0n) is 19.1. The number of pyridine rings is 1. The van der Waals surface area contributed by atoms with Gasteiger partial charge < -0.3 is 19.4 Å². The summed E-state index contributed by atoms with van der Waals surface area (Å²) in [5, 5.41) is 2.14. The minimum absolute atomic E-state index is 0.0869. The van der Waals surface area contributed by atoms with Crippen molar-refractivity contribution in [2.75, 3.05) is 24.5 Å². The number of thiazole rings is 1. The summed E-state index contributed by atoms with van der Waals surface area (Å²) in [7, 11) is 0. The van der Waals surface area contributed by atoms with Crippen molar-refractivity contribution in [2.24, 2.45) is 0 Å². The van der Waals surface area contributed by atoms with Crippen LogP contribution in [0.25, 0.3) is 33.6 Å². The number of nitrogens with zero attached hydrogens (tertiary/aromatic N) is 6. The van der Waals surface area contributed by atoms with Gasteiger partial charge in [0.1, 0.15) is 22.9 Å². The number of aryl methyl sites for hydroxylation is 1. The van der Waals surface area contributed by atoms with E-state index < -0.39 is 0 Å². The van der Waals surface area contributed by atoms with Crippen LogP contribution in [-0.4, -0.2) is 61.0 Å². The van der Waals surface area contributed by atoms with Crippen molar-refractivity contribution < 1.29 is 4.79 Å². The van der Waals surface area contributed by atoms with E-state index in [4.69, 9.17) is 4.98 Å². The summed E-state index contributed by atoms with van der Waals surface area (Å²) in [5.41, 5.74) is 6.73. The predicted molar refractivity (Wildman–Crippen MR) is 135 cm³/mol. The smallest absolute Gasteiger partial charge is 0.242 e. The molecule has 1 amide bonds. The highest BCUT2D eigenvalue weighted by Crippen LogP contribution is 2.35. The SMILES string of the molecule is Cc1cccc2[nH]c(-c3ncsc3N3CCN(C(=O)Cn4ccc5cccnc54)C(C)C3)nc12. The van der Waals surface area contributed by atoms with Crippen molar-refractivity contribution in [1.82, 2.24) is 29.4 Å². The van der Waals surface area contributed by atoms with Crippen molar-refractivity contribution in [3.05, 3.63) is 59.9 Å². The molecule has 0 spiro atoms. The van der Waals surface area contributed by atoms with E-state index in [2.05, 4.69) is 39.8 Å². The number of anilines is 1. The first-order valence-electron chi connectivity index (χ1n) is 11.4. The van der Waals surface area contributed by atoms with Crippen molar-refractivity contribution in [1.29, 1.82) is 0 Å². The Morgan fingerprint density at radius 2 is 2.09 bits per heavy atom. The molecule has 0 radical (unpaired) electrons. The van der Waals surface area contributed by atoms with Gasteiger partial charge in [-0.15, -0.1) is 11.3 Å². The van der Waals surface area contributed by atoms with Gasteiger partial charge in [0.25, 0.3) is 0 Å². The van der Waals surface area contributed by atoms with Gasteiger partial charge in [-0.2, -0.15) is 0 Å². The normalized spacial score (nSPS) is 16.6. The monoisotopic (exact) mass is 471 g/mol. The molecule has 5 heterocycles. The fourth-order valence-corrected chi connectivity index (χ4v) is 5.65. The number of benzene rings is 1. The van der Waals surface area contributed by atoms with Gasteiger partial charge >= 0.3 is 0 Å². The molecular formula is C25H25N7OS. The van der Waals surface area contributed by atoms with E-state index in [1.165, 1.54) is 0 Å². The minimum Gasteiger partial charge on any atom is -0.358 e. The zero-order valence-corrected chi connectivity index (χ0v) is 19.9. The molecule has 172 valence electrons. The second-order valence-corrected chi connectivity index (χ2v) is 9.64. The van der Waals surface area contributed by atoms with E-state index in [1.807, 2.05) is 51.5 Å². The first-order chi connectivity index (χ1) is 16.6. The second-order valence-electron chi connectivity index (χ2n) is 8.80. The van der Waals surface area contributed by atoms with Gasteiger partial charge in [-0.25, -0.2) is 15.0 Å². The van der Waals surface area contributed by atoms with E-state index in [9.17, 15) is 4.79 Å². The summed E-state index contributed by atoms with van der Waals surface area (Å²) in [4.78, 5) is 34.8. The second kappa shape index (κ2) is 8.25. The third-order valence-corrected chi connectivity index (χ3v) is 7.44. The Balaban J connectivity index is 1.19. The largest absolute Gasteiger partial charge is 0.358 e. The summed E-state index contributed by atoms with van der Waals surface area (Å²) in [6.07, 6.45) is 3.70. The van der Waals surface area contributed by atoms with Gasteiger partial charge in [0.2, 0.25) is 5.91 Å². The lowest BCUT2D eigenvalue weighted by atomic mass is 10.2. The first-order valence-corrected chi connectivity index (χ1v) is 12.3. The molecule has 8 nitrogen and oxygen atoms in total. The highest BCUT2D eigenvalue weighted by Gasteiger charge is 2.30. The number of piperazine rings is 1. The van der Waals surface area contributed by atoms with E-state index in [-0.39, 0.29) is 11.9 Å². The number of amides is 1. The van der Waals surface area contributed by atoms with Crippen LogP contribution in [0.2, 0.25) is 0 Å². The van der Waals surface area contributed by atoms with Crippen molar-refractivity contribution in [3.63, 3.8) is 0 Å². The van der Waals surface area contributed by atoms with Crippen LogP contribution in [0.4, 0.5) is 5.00 Å². The summed E-state index contributed by atoms with van der Waals surface area (Å²) in [6, 6.07) is 12.2. The number of H-pyrrole nitrogens is 1. The Morgan fingerprint density at radius 1 is 1.18 bits per heavy atom. The summed E-state index contributed by atoms with van der Waals surface area (Å²) in [5.74, 6) is 0.909. The lowest BCUT2D eigenvalue weighted by molar-refractivity contribution is -0.134. The number of hydrogen-bond donors (Lipinski definition) is 1. The standard InChI is InChI=1S/C25H25N7OS/c1-16-5-3-7-19-21(16)29-23(28-19)22-25(34-15-27-22)31-11-12-32(17(2)13-31)20(33)14-30-10-8-18-6-4-9-26-24(18)30/h3-10,15,17H,11-14H2,1-2H3,(H,28,29). The van der Waals surface area contributed by atoms with Crippen LogP contribution in [0.5, 0.6) is 0 Å². The average molecular weight is 472 g/mol. The van der Waals surface area contributed by atoms with Gasteiger partial charge in [-0.3, -0.25) is 4.79 Å². The number of nitrogens with one attached hydrogen (secondary N) is 1. The highest BCUT2D eigenvalue weighted by atomic mass is 32.1. The Morgan fingerprint density at radius 3 is 2.94 bits per heavy atom. The number of hydrogen-bond acceptors (Lipinski definition) is 6. The molecule has 1 unspecified atom stereocenters. The van der Waals surface area contributed by atoms with Crippen LogP contribution in [0, 0.1) is 6.92 Å². The van der Waals surface area contributed by atoms with Crippen molar-refractivity contribution >= 4 is 44.3 Å². The third kappa shape index (κ3) is 3.52. The lowest BCUT2D eigenvalue weighted by Gasteiger charge is -2.40. The Labute approximate surface area is 200 Å². The number of aromatic amines is 1. The summed E-state index contributed by atoms with van der Waals surface area (Å²) >= 11 is 1.62. The molecule has 9 heteroatoms. The van der Waals surface area contributed by atoms with E-state index >= 15 is 0 Å². The first kappa shape index (κ1) is 20.9. The molecule has 34 heavy (non-hydrogen) atoms. The van der Waals surface area contributed by atoms with Crippen LogP contribution in [0.3, 0.4) is 0 Å². The molecule has 0 bridgehead atoms. The molecule has 4 aromatic heterocycles. The summed E-state index contributed by atoms with van der Waals surface area (Å²) < 4.78 is 1.93. The Bertz CT molecular complexity index is 1500. The molecule has 5 aromatic rings. The molecule has 0 aliphatic carbocycles. The van der Waals surface area contributed by atoms with Gasteiger partial charge in [-0.05, 0) is 43.7 Å². The molecule has 1 saturated heterocycles. The predicted octanol–water partition coefficient (Wildman–Crippen LogP) is 4.08. The van der Waals surface area contributed by atoms with Crippen LogP contribution >= 0.6 is 11.3 Å². The maximum absolute atomic E-state index is 13.2. The van der Waals surface area contributed by atoms with Gasteiger partial charge in [0.15, 0.2) is 5.82 Å². The molecule has 1 fully saturated rings. The zero-order chi connectivity index (χ0) is 23.2. The number of aromatic nitrogens is 5. The maximum atomic E-state index is 13.2. The van der Waals surface area contributed by atoms with Crippen molar-refractivity contribution in [3.8, 4) is 11.5 Å². The highest BCUT2D eigenvalue weighted by molar-refractivity contribution is 7.14. The minimum atomic E-state index is 0.0869. The topological polar surface area (TPSA) is 82.9 Å². The molecule has 1 atom stereocenters. The van der Waals surface area contributed by atoms with Crippen LogP contribution in [0.15, 0.2) is 54.3 Å². The Hall–Kier alpha value is -3.72. The maximum Gasteiger partial charge on any atom is 0.242 e. The van der Waals surface area contributed by atoms with E-state index in [1.54, 1.807) is 17.5 Å². The van der Waals surface area contributed by atoms with E-state index in [0.29, 0.717) is 13.1 Å².